The summed E-state index contributed by atoms with van der Waals surface area (Å²) in [6.45, 7) is 0. The predicted molar refractivity (Wildman–Crippen MR) is 64.1 cm³/mol. The first-order valence-electron chi connectivity index (χ1n) is 5.45. The number of rotatable bonds is 1. The minimum Gasteiger partial charge on any atom is -0.481 e. The zero-order valence-electron chi connectivity index (χ0n) is 9.64. The molecule has 18 heavy (non-hydrogen) atoms. The molecule has 88 valence electrons. The molecule has 3 rings (SSSR count). The largest absolute Gasteiger partial charge is 0.481 e. The van der Waals surface area contributed by atoms with Crippen molar-refractivity contribution in [1.82, 2.24) is 4.98 Å². The van der Waals surface area contributed by atoms with Crippen molar-refractivity contribution in [2.45, 2.75) is 0 Å². The summed E-state index contributed by atoms with van der Waals surface area (Å²) >= 11 is 0. The molecule has 4 nitrogen and oxygen atoms in total. The van der Waals surface area contributed by atoms with Crippen molar-refractivity contribution in [3.63, 3.8) is 0 Å². The van der Waals surface area contributed by atoms with Gasteiger partial charge in [0.1, 0.15) is 0 Å². The summed E-state index contributed by atoms with van der Waals surface area (Å²) in [5.74, 6) is -0.00876. The molecule has 1 aliphatic carbocycles. The van der Waals surface area contributed by atoms with Gasteiger partial charge >= 0.3 is 0 Å². The molecule has 0 radical (unpaired) electrons. The van der Waals surface area contributed by atoms with E-state index in [1.54, 1.807) is 24.3 Å². The molecule has 0 atom stereocenters. The number of pyridine rings is 1. The Morgan fingerprint density at radius 2 is 1.56 bits per heavy atom. The quantitative estimate of drug-likeness (QED) is 0.650. The molecule has 0 bridgehead atoms. The van der Waals surface area contributed by atoms with Crippen molar-refractivity contribution in [2.24, 2.45) is 0 Å². The number of hydrogen-bond donors (Lipinski definition) is 0. The molecule has 4 heteroatoms. The summed E-state index contributed by atoms with van der Waals surface area (Å²) in [7, 11) is 1.47. The third-order valence-electron chi connectivity index (χ3n) is 2.99. The van der Waals surface area contributed by atoms with E-state index in [0.717, 1.165) is 0 Å². The first-order chi connectivity index (χ1) is 8.72. The number of benzene rings is 1. The second-order valence-corrected chi connectivity index (χ2v) is 3.98. The van der Waals surface area contributed by atoms with Crippen molar-refractivity contribution >= 4 is 11.6 Å². The van der Waals surface area contributed by atoms with E-state index >= 15 is 0 Å². The van der Waals surface area contributed by atoms with E-state index in [0.29, 0.717) is 28.1 Å². The average molecular weight is 239 g/mol. The van der Waals surface area contributed by atoms with Crippen LogP contribution in [0.25, 0.3) is 0 Å². The van der Waals surface area contributed by atoms with Gasteiger partial charge in [-0.05, 0) is 0 Å². The molecule has 0 amide bonds. The summed E-state index contributed by atoms with van der Waals surface area (Å²) in [4.78, 5) is 28.5. The highest BCUT2D eigenvalue weighted by Gasteiger charge is 2.29. The zero-order valence-corrected chi connectivity index (χ0v) is 9.64. The number of carbonyl (C=O) groups excluding carboxylic acids is 2. The smallest absolute Gasteiger partial charge is 0.213 e. The predicted octanol–water partition coefficient (Wildman–Crippen LogP) is 1.87. The molecule has 1 aliphatic rings. The average Bonchev–Trinajstić information content (AvgIpc) is 2.44. The lowest BCUT2D eigenvalue weighted by atomic mass is 9.85. The molecule has 0 N–H and O–H groups in total. The number of fused-ring (bicyclic) bond motifs is 2. The van der Waals surface area contributed by atoms with Crippen LogP contribution < -0.4 is 4.74 Å². The van der Waals surface area contributed by atoms with E-state index in [1.807, 2.05) is 0 Å². The van der Waals surface area contributed by atoms with Crippen LogP contribution in [-0.4, -0.2) is 23.7 Å². The lowest BCUT2D eigenvalue weighted by Crippen LogP contribution is -2.21. The zero-order chi connectivity index (χ0) is 12.7. The van der Waals surface area contributed by atoms with Crippen LogP contribution in [-0.2, 0) is 0 Å². The number of ketones is 2. The molecule has 0 aliphatic heterocycles. The van der Waals surface area contributed by atoms with Crippen molar-refractivity contribution in [3.8, 4) is 5.88 Å². The van der Waals surface area contributed by atoms with Crippen LogP contribution >= 0.6 is 0 Å². The fourth-order valence-corrected chi connectivity index (χ4v) is 2.09. The Labute approximate surface area is 103 Å². The van der Waals surface area contributed by atoms with Crippen LogP contribution in [0, 0.1) is 0 Å². The first-order valence-corrected chi connectivity index (χ1v) is 5.45. The van der Waals surface area contributed by atoms with Crippen LogP contribution in [0.5, 0.6) is 5.88 Å². The number of nitrogens with zero attached hydrogens (tertiary/aromatic N) is 1. The van der Waals surface area contributed by atoms with E-state index in [2.05, 4.69) is 4.98 Å². The second kappa shape index (κ2) is 3.77. The summed E-state index contributed by atoms with van der Waals surface area (Å²) in [5, 5.41) is 0. The van der Waals surface area contributed by atoms with Gasteiger partial charge in [0.15, 0.2) is 11.6 Å². The molecule has 0 saturated carbocycles. The number of carbonyl (C=O) groups is 2. The van der Waals surface area contributed by atoms with Crippen LogP contribution in [0.15, 0.2) is 36.5 Å². The minimum atomic E-state index is -0.171. The number of hydrogen-bond acceptors (Lipinski definition) is 4. The maximum absolute atomic E-state index is 12.3. The molecule has 0 fully saturated rings. The molecule has 1 heterocycles. The maximum Gasteiger partial charge on any atom is 0.213 e. The van der Waals surface area contributed by atoms with Gasteiger partial charge < -0.3 is 4.74 Å². The molecule has 1 aromatic carbocycles. The third-order valence-corrected chi connectivity index (χ3v) is 2.99. The van der Waals surface area contributed by atoms with Gasteiger partial charge in [0.2, 0.25) is 5.88 Å². The Balaban J connectivity index is 2.27. The van der Waals surface area contributed by atoms with E-state index in [1.165, 1.54) is 19.4 Å². The maximum atomic E-state index is 12.3. The van der Waals surface area contributed by atoms with Gasteiger partial charge in [-0.25, -0.2) is 4.98 Å². The van der Waals surface area contributed by atoms with E-state index < -0.39 is 0 Å². The van der Waals surface area contributed by atoms with Crippen molar-refractivity contribution in [2.75, 3.05) is 7.11 Å². The summed E-state index contributed by atoms with van der Waals surface area (Å²) < 4.78 is 4.98. The normalized spacial score (nSPS) is 12.9. The van der Waals surface area contributed by atoms with Gasteiger partial charge in [0, 0.05) is 29.0 Å². The van der Waals surface area contributed by atoms with Crippen molar-refractivity contribution < 1.29 is 14.3 Å². The SMILES string of the molecule is COc1cc2c(cn1)C(=O)c1ccccc1C2=O. The fraction of sp³-hybridized carbons (Fsp3) is 0.0714. The molecular formula is C14H9NO3. The van der Waals surface area contributed by atoms with Gasteiger partial charge in [0.25, 0.3) is 0 Å². The van der Waals surface area contributed by atoms with E-state index in [-0.39, 0.29) is 11.6 Å². The molecule has 0 unspecified atom stereocenters. The van der Waals surface area contributed by atoms with E-state index in [4.69, 9.17) is 4.74 Å². The van der Waals surface area contributed by atoms with Gasteiger partial charge in [-0.3, -0.25) is 9.59 Å². The second-order valence-electron chi connectivity index (χ2n) is 3.98. The fourth-order valence-electron chi connectivity index (χ4n) is 2.09. The Kier molecular flexibility index (Phi) is 2.23. The molecule has 2 aromatic rings. The lowest BCUT2D eigenvalue weighted by molar-refractivity contribution is 0.0978. The lowest BCUT2D eigenvalue weighted by Gasteiger charge is -2.16. The van der Waals surface area contributed by atoms with Crippen LogP contribution in [0.2, 0.25) is 0 Å². The van der Waals surface area contributed by atoms with Crippen molar-refractivity contribution in [3.05, 3.63) is 58.8 Å². The monoisotopic (exact) mass is 239 g/mol. The topological polar surface area (TPSA) is 56.3 Å². The molecule has 1 aromatic heterocycles. The Bertz CT molecular complexity index is 676. The van der Waals surface area contributed by atoms with Crippen LogP contribution in [0.1, 0.15) is 31.8 Å². The molecule has 0 spiro atoms. The summed E-state index contributed by atoms with van der Waals surface area (Å²) in [5.41, 5.74) is 1.55. The van der Waals surface area contributed by atoms with Gasteiger partial charge in [-0.1, -0.05) is 24.3 Å². The van der Waals surface area contributed by atoms with Gasteiger partial charge in [0.05, 0.1) is 12.7 Å². The van der Waals surface area contributed by atoms with Gasteiger partial charge in [-0.15, -0.1) is 0 Å². The Morgan fingerprint density at radius 3 is 2.17 bits per heavy atom. The highest BCUT2D eigenvalue weighted by atomic mass is 16.5. The number of ether oxygens (including phenoxy) is 1. The van der Waals surface area contributed by atoms with Gasteiger partial charge in [-0.2, -0.15) is 0 Å². The molecule has 0 saturated heterocycles. The Hall–Kier alpha value is -2.49. The van der Waals surface area contributed by atoms with Crippen molar-refractivity contribution in [1.29, 1.82) is 0 Å². The summed E-state index contributed by atoms with van der Waals surface area (Å²) in [6, 6.07) is 8.30. The summed E-state index contributed by atoms with van der Waals surface area (Å²) in [6.07, 6.45) is 1.39. The number of aromatic nitrogens is 1. The minimum absolute atomic E-state index is 0.166. The van der Waals surface area contributed by atoms with Crippen LogP contribution in [0.3, 0.4) is 0 Å². The third kappa shape index (κ3) is 1.35. The first kappa shape index (κ1) is 10.7. The molecular weight excluding hydrogens is 230 g/mol. The highest BCUT2D eigenvalue weighted by molar-refractivity contribution is 6.28. The van der Waals surface area contributed by atoms with Crippen LogP contribution in [0.4, 0.5) is 0 Å². The highest BCUT2D eigenvalue weighted by Crippen LogP contribution is 2.28. The Morgan fingerprint density at radius 1 is 0.944 bits per heavy atom. The van der Waals surface area contributed by atoms with E-state index in [9.17, 15) is 9.59 Å². The standard InChI is InChI=1S/C14H9NO3/c1-18-12-6-10-11(7-15-12)14(17)9-5-3-2-4-8(9)13(10)16/h2-7H,1H3. The number of methoxy groups -OCH3 is 1.